The molecule has 1 aromatic rings. The van der Waals surface area contributed by atoms with Gasteiger partial charge in [0.15, 0.2) is 5.82 Å². The van der Waals surface area contributed by atoms with Crippen LogP contribution in [0.1, 0.15) is 26.2 Å². The van der Waals surface area contributed by atoms with E-state index in [1.807, 2.05) is 7.05 Å². The lowest BCUT2D eigenvalue weighted by Gasteiger charge is -2.19. The fraction of sp³-hybridized carbons (Fsp3) is 0.667. The normalized spacial score (nSPS) is 19.7. The minimum absolute atomic E-state index is 0.628. The van der Waals surface area contributed by atoms with Crippen LogP contribution in [0, 0.1) is 5.92 Å². The second kappa shape index (κ2) is 5.54. The van der Waals surface area contributed by atoms with Crippen molar-refractivity contribution in [3.05, 3.63) is 11.2 Å². The van der Waals surface area contributed by atoms with Crippen LogP contribution in [0.25, 0.3) is 0 Å². The van der Waals surface area contributed by atoms with Crippen LogP contribution in [-0.2, 0) is 0 Å². The van der Waals surface area contributed by atoms with Gasteiger partial charge in [-0.25, -0.2) is 4.98 Å². The molecule has 0 aliphatic carbocycles. The van der Waals surface area contributed by atoms with Gasteiger partial charge in [0.05, 0.1) is 6.20 Å². The molecule has 5 heteroatoms. The Morgan fingerprint density at radius 1 is 1.59 bits per heavy atom. The van der Waals surface area contributed by atoms with Gasteiger partial charge < -0.3 is 10.2 Å². The van der Waals surface area contributed by atoms with Crippen molar-refractivity contribution in [3.63, 3.8) is 0 Å². The lowest BCUT2D eigenvalue weighted by atomic mass is 10.0. The molecule has 1 unspecified atom stereocenters. The van der Waals surface area contributed by atoms with Crippen LogP contribution in [0.15, 0.2) is 6.20 Å². The van der Waals surface area contributed by atoms with E-state index in [2.05, 4.69) is 27.1 Å². The number of hydrogen-bond acceptors (Lipinski definition) is 4. The van der Waals surface area contributed by atoms with Crippen molar-refractivity contribution in [2.45, 2.75) is 26.2 Å². The molecule has 1 aliphatic heterocycles. The SMILES string of the molecule is CCCC1CCN(c2nc(NC)ncc2Cl)C1. The standard InChI is InChI=1S/C12H19ClN4/c1-3-4-9-5-6-17(8-9)11-10(13)7-15-12(14-2)16-11/h7,9H,3-6,8H2,1-2H3,(H,14,15,16). The van der Waals surface area contributed by atoms with Crippen LogP contribution >= 0.6 is 11.6 Å². The Morgan fingerprint density at radius 3 is 3.12 bits per heavy atom. The summed E-state index contributed by atoms with van der Waals surface area (Å²) in [5, 5.41) is 3.59. The molecule has 0 bridgehead atoms. The van der Waals surface area contributed by atoms with Gasteiger partial charge in [0, 0.05) is 20.1 Å². The zero-order chi connectivity index (χ0) is 12.3. The van der Waals surface area contributed by atoms with E-state index in [4.69, 9.17) is 11.6 Å². The molecule has 0 radical (unpaired) electrons. The Labute approximate surface area is 107 Å². The van der Waals surface area contributed by atoms with E-state index in [1.165, 1.54) is 19.3 Å². The highest BCUT2D eigenvalue weighted by Gasteiger charge is 2.24. The molecule has 1 fully saturated rings. The van der Waals surface area contributed by atoms with E-state index in [0.29, 0.717) is 11.0 Å². The molecule has 94 valence electrons. The van der Waals surface area contributed by atoms with E-state index >= 15 is 0 Å². The lowest BCUT2D eigenvalue weighted by molar-refractivity contribution is 0.529. The van der Waals surface area contributed by atoms with Crippen LogP contribution in [0.4, 0.5) is 11.8 Å². The summed E-state index contributed by atoms with van der Waals surface area (Å²) in [6.07, 6.45) is 5.45. The maximum Gasteiger partial charge on any atom is 0.224 e. The maximum atomic E-state index is 6.16. The van der Waals surface area contributed by atoms with E-state index in [-0.39, 0.29) is 0 Å². The smallest absolute Gasteiger partial charge is 0.224 e. The molecule has 17 heavy (non-hydrogen) atoms. The molecule has 4 nitrogen and oxygen atoms in total. The van der Waals surface area contributed by atoms with Crippen LogP contribution in [0.5, 0.6) is 0 Å². The van der Waals surface area contributed by atoms with Gasteiger partial charge in [0.1, 0.15) is 5.02 Å². The predicted molar refractivity (Wildman–Crippen MR) is 71.8 cm³/mol. The van der Waals surface area contributed by atoms with Crippen molar-refractivity contribution < 1.29 is 0 Å². The highest BCUT2D eigenvalue weighted by Crippen LogP contribution is 2.30. The first-order valence-electron chi connectivity index (χ1n) is 6.19. The monoisotopic (exact) mass is 254 g/mol. The van der Waals surface area contributed by atoms with Gasteiger partial charge in [-0.05, 0) is 18.8 Å². The Bertz CT molecular complexity index is 383. The van der Waals surface area contributed by atoms with Gasteiger partial charge in [-0.3, -0.25) is 0 Å². The summed E-state index contributed by atoms with van der Waals surface area (Å²) in [6, 6.07) is 0. The minimum atomic E-state index is 0.628. The summed E-state index contributed by atoms with van der Waals surface area (Å²) >= 11 is 6.16. The topological polar surface area (TPSA) is 41.1 Å². The zero-order valence-electron chi connectivity index (χ0n) is 10.4. The van der Waals surface area contributed by atoms with Crippen molar-refractivity contribution in [2.75, 3.05) is 30.4 Å². The first kappa shape index (κ1) is 12.4. The molecular formula is C12H19ClN4. The van der Waals surface area contributed by atoms with Gasteiger partial charge in [-0.1, -0.05) is 24.9 Å². The van der Waals surface area contributed by atoms with Crippen LogP contribution < -0.4 is 10.2 Å². The summed E-state index contributed by atoms with van der Waals surface area (Å²) in [4.78, 5) is 10.8. The van der Waals surface area contributed by atoms with E-state index in [9.17, 15) is 0 Å². The van der Waals surface area contributed by atoms with Gasteiger partial charge in [0.2, 0.25) is 5.95 Å². The van der Waals surface area contributed by atoms with Crippen LogP contribution in [-0.4, -0.2) is 30.1 Å². The molecule has 0 saturated carbocycles. The van der Waals surface area contributed by atoms with Crippen molar-refractivity contribution in [3.8, 4) is 0 Å². The van der Waals surface area contributed by atoms with Crippen molar-refractivity contribution >= 4 is 23.4 Å². The molecular weight excluding hydrogens is 236 g/mol. The first-order valence-corrected chi connectivity index (χ1v) is 6.57. The third kappa shape index (κ3) is 2.80. The van der Waals surface area contributed by atoms with Crippen molar-refractivity contribution in [1.29, 1.82) is 0 Å². The number of anilines is 2. The minimum Gasteiger partial charge on any atom is -0.357 e. The predicted octanol–water partition coefficient (Wildman–Crippen LogP) is 2.80. The average Bonchev–Trinajstić information content (AvgIpc) is 2.79. The van der Waals surface area contributed by atoms with E-state index in [0.717, 1.165) is 24.8 Å². The van der Waals surface area contributed by atoms with E-state index in [1.54, 1.807) is 6.20 Å². The molecule has 1 aliphatic rings. The molecule has 0 aromatic carbocycles. The largest absolute Gasteiger partial charge is 0.357 e. The fourth-order valence-electron chi connectivity index (χ4n) is 2.37. The van der Waals surface area contributed by atoms with Crippen LogP contribution in [0.3, 0.4) is 0 Å². The Morgan fingerprint density at radius 2 is 2.41 bits per heavy atom. The van der Waals surface area contributed by atoms with Crippen LogP contribution in [0.2, 0.25) is 5.02 Å². The Kier molecular flexibility index (Phi) is 4.05. The number of nitrogens with zero attached hydrogens (tertiary/aromatic N) is 3. The molecule has 0 amide bonds. The van der Waals surface area contributed by atoms with Gasteiger partial charge >= 0.3 is 0 Å². The molecule has 0 spiro atoms. The highest BCUT2D eigenvalue weighted by atomic mass is 35.5. The fourth-order valence-corrected chi connectivity index (χ4v) is 2.58. The maximum absolute atomic E-state index is 6.16. The molecule has 1 saturated heterocycles. The molecule has 2 rings (SSSR count). The molecule has 1 atom stereocenters. The number of halogens is 1. The Balaban J connectivity index is 2.12. The second-order valence-electron chi connectivity index (χ2n) is 4.50. The van der Waals surface area contributed by atoms with Gasteiger partial charge in [-0.2, -0.15) is 4.98 Å². The summed E-state index contributed by atoms with van der Waals surface area (Å²) in [5.41, 5.74) is 0. The van der Waals surface area contributed by atoms with Crippen molar-refractivity contribution in [1.82, 2.24) is 9.97 Å². The number of aromatic nitrogens is 2. The van der Waals surface area contributed by atoms with E-state index < -0.39 is 0 Å². The van der Waals surface area contributed by atoms with Crippen molar-refractivity contribution in [2.24, 2.45) is 5.92 Å². The molecule has 1 N–H and O–H groups in total. The molecule has 2 heterocycles. The summed E-state index contributed by atoms with van der Waals surface area (Å²) in [6.45, 7) is 4.34. The first-order chi connectivity index (χ1) is 8.24. The zero-order valence-corrected chi connectivity index (χ0v) is 11.2. The average molecular weight is 255 g/mol. The summed E-state index contributed by atoms with van der Waals surface area (Å²) in [5.74, 6) is 2.28. The Hall–Kier alpha value is -1.03. The summed E-state index contributed by atoms with van der Waals surface area (Å²) < 4.78 is 0. The molecule has 1 aromatic heterocycles. The number of rotatable bonds is 4. The second-order valence-corrected chi connectivity index (χ2v) is 4.91. The quantitative estimate of drug-likeness (QED) is 0.897. The summed E-state index contributed by atoms with van der Waals surface area (Å²) in [7, 11) is 1.82. The highest BCUT2D eigenvalue weighted by molar-refractivity contribution is 6.32. The number of hydrogen-bond donors (Lipinski definition) is 1. The van der Waals surface area contributed by atoms with Gasteiger partial charge in [-0.15, -0.1) is 0 Å². The third-order valence-corrected chi connectivity index (χ3v) is 3.50. The third-order valence-electron chi connectivity index (χ3n) is 3.23. The lowest BCUT2D eigenvalue weighted by Crippen LogP contribution is -2.21. The van der Waals surface area contributed by atoms with Gasteiger partial charge in [0.25, 0.3) is 0 Å². The number of nitrogens with one attached hydrogen (secondary N) is 1.